The van der Waals surface area contributed by atoms with Crippen LogP contribution in [0.2, 0.25) is 0 Å². The Bertz CT molecular complexity index is 367. The van der Waals surface area contributed by atoms with Crippen molar-refractivity contribution in [3.63, 3.8) is 0 Å². The van der Waals surface area contributed by atoms with Gasteiger partial charge in [0.15, 0.2) is 0 Å². The van der Waals surface area contributed by atoms with Gasteiger partial charge in [0.05, 0.1) is 0 Å². The first-order chi connectivity index (χ1) is 7.06. The third-order valence-corrected chi connectivity index (χ3v) is 2.95. The Morgan fingerprint density at radius 2 is 2.07 bits per heavy atom. The molecule has 0 amide bonds. The molecule has 0 aliphatic heterocycles. The lowest BCUT2D eigenvalue weighted by Gasteiger charge is -2.10. The van der Waals surface area contributed by atoms with Crippen LogP contribution in [0.15, 0.2) is 29.2 Å². The smallest absolute Gasteiger partial charge is 0.131 e. The number of hydrogen-bond donors (Lipinski definition) is 0. The number of benzene rings is 1. The number of thioether (sulfide) groups is 1. The SMILES string of the molecule is CSc1cccc(F)c1/C(C)=C/C(C)C. The Labute approximate surface area is 95.6 Å². The molecular weight excluding hydrogens is 207 g/mol. The van der Waals surface area contributed by atoms with Gasteiger partial charge in [-0.05, 0) is 36.8 Å². The summed E-state index contributed by atoms with van der Waals surface area (Å²) in [5.41, 5.74) is 1.77. The minimum atomic E-state index is -0.128. The highest BCUT2D eigenvalue weighted by Gasteiger charge is 2.09. The van der Waals surface area contributed by atoms with E-state index in [1.807, 2.05) is 19.2 Å². The normalized spacial score (nSPS) is 12.3. The maximum Gasteiger partial charge on any atom is 0.131 e. The largest absolute Gasteiger partial charge is 0.206 e. The third kappa shape index (κ3) is 3.10. The molecule has 0 fully saturated rings. The lowest BCUT2D eigenvalue weighted by molar-refractivity contribution is 0.619. The fraction of sp³-hybridized carbons (Fsp3) is 0.385. The van der Waals surface area contributed by atoms with Crippen molar-refractivity contribution in [3.05, 3.63) is 35.7 Å². The predicted octanol–water partition coefficient (Wildman–Crippen LogP) is 4.61. The van der Waals surface area contributed by atoms with Gasteiger partial charge < -0.3 is 0 Å². The minimum absolute atomic E-state index is 0.128. The Morgan fingerprint density at radius 3 is 2.60 bits per heavy atom. The van der Waals surface area contributed by atoms with E-state index in [2.05, 4.69) is 19.9 Å². The standard InChI is InChI=1S/C13H17FS/c1-9(2)8-10(3)13-11(14)6-5-7-12(13)15-4/h5-9H,1-4H3/b10-8+. The van der Waals surface area contributed by atoms with E-state index >= 15 is 0 Å². The molecule has 15 heavy (non-hydrogen) atoms. The molecule has 1 aromatic carbocycles. The van der Waals surface area contributed by atoms with Gasteiger partial charge in [0.2, 0.25) is 0 Å². The first-order valence-electron chi connectivity index (χ1n) is 5.07. The summed E-state index contributed by atoms with van der Waals surface area (Å²) in [6.45, 7) is 6.17. The second kappa shape index (κ2) is 5.36. The first-order valence-corrected chi connectivity index (χ1v) is 6.30. The van der Waals surface area contributed by atoms with E-state index in [1.54, 1.807) is 17.8 Å². The molecule has 0 bridgehead atoms. The highest BCUT2D eigenvalue weighted by Crippen LogP contribution is 2.29. The molecule has 1 aromatic rings. The molecule has 0 saturated carbocycles. The van der Waals surface area contributed by atoms with E-state index in [-0.39, 0.29) is 5.82 Å². The molecule has 0 atom stereocenters. The van der Waals surface area contributed by atoms with Gasteiger partial charge in [-0.15, -0.1) is 11.8 Å². The summed E-state index contributed by atoms with van der Waals surface area (Å²) in [7, 11) is 0. The molecular formula is C13H17FS. The molecule has 0 radical (unpaired) electrons. The van der Waals surface area contributed by atoms with Crippen LogP contribution in [0.4, 0.5) is 4.39 Å². The lowest BCUT2D eigenvalue weighted by atomic mass is 10.0. The Kier molecular flexibility index (Phi) is 4.40. The maximum absolute atomic E-state index is 13.7. The van der Waals surface area contributed by atoms with Crippen LogP contribution in [0.5, 0.6) is 0 Å². The van der Waals surface area contributed by atoms with Gasteiger partial charge in [-0.25, -0.2) is 4.39 Å². The molecule has 2 heteroatoms. The van der Waals surface area contributed by atoms with Crippen molar-refractivity contribution in [3.8, 4) is 0 Å². The van der Waals surface area contributed by atoms with Crippen LogP contribution in [-0.4, -0.2) is 6.26 Å². The zero-order valence-electron chi connectivity index (χ0n) is 9.67. The monoisotopic (exact) mass is 224 g/mol. The summed E-state index contributed by atoms with van der Waals surface area (Å²) >= 11 is 1.58. The summed E-state index contributed by atoms with van der Waals surface area (Å²) in [4.78, 5) is 1.00. The second-order valence-electron chi connectivity index (χ2n) is 3.91. The molecule has 0 aliphatic rings. The summed E-state index contributed by atoms with van der Waals surface area (Å²) in [5.74, 6) is 0.315. The van der Waals surface area contributed by atoms with E-state index in [4.69, 9.17) is 0 Å². The summed E-state index contributed by atoms with van der Waals surface area (Å²) in [6.07, 6.45) is 4.07. The molecule has 1 rings (SSSR count). The maximum atomic E-state index is 13.7. The Morgan fingerprint density at radius 1 is 1.40 bits per heavy atom. The van der Waals surface area contributed by atoms with Gasteiger partial charge in [-0.2, -0.15) is 0 Å². The number of rotatable bonds is 3. The summed E-state index contributed by atoms with van der Waals surface area (Å²) in [5, 5.41) is 0. The zero-order chi connectivity index (χ0) is 11.4. The second-order valence-corrected chi connectivity index (χ2v) is 4.76. The van der Waals surface area contributed by atoms with E-state index in [0.29, 0.717) is 5.92 Å². The van der Waals surface area contributed by atoms with E-state index in [1.165, 1.54) is 6.07 Å². The van der Waals surface area contributed by atoms with Crippen LogP contribution in [-0.2, 0) is 0 Å². The molecule has 0 heterocycles. The lowest BCUT2D eigenvalue weighted by Crippen LogP contribution is -1.92. The fourth-order valence-electron chi connectivity index (χ4n) is 1.64. The topological polar surface area (TPSA) is 0 Å². The zero-order valence-corrected chi connectivity index (χ0v) is 10.5. The first kappa shape index (κ1) is 12.3. The quantitative estimate of drug-likeness (QED) is 0.676. The van der Waals surface area contributed by atoms with Crippen molar-refractivity contribution in [2.75, 3.05) is 6.26 Å². The average Bonchev–Trinajstić information content (AvgIpc) is 2.15. The average molecular weight is 224 g/mol. The number of hydrogen-bond acceptors (Lipinski definition) is 1. The minimum Gasteiger partial charge on any atom is -0.206 e. The van der Waals surface area contributed by atoms with Crippen LogP contribution < -0.4 is 0 Å². The molecule has 0 unspecified atom stereocenters. The molecule has 0 spiro atoms. The molecule has 0 nitrogen and oxygen atoms in total. The number of allylic oxidation sites excluding steroid dienone is 2. The van der Waals surface area contributed by atoms with Crippen molar-refractivity contribution in [2.24, 2.45) is 5.92 Å². The highest BCUT2D eigenvalue weighted by molar-refractivity contribution is 7.98. The van der Waals surface area contributed by atoms with E-state index < -0.39 is 0 Å². The number of halogens is 1. The van der Waals surface area contributed by atoms with Crippen LogP contribution in [0.1, 0.15) is 26.3 Å². The van der Waals surface area contributed by atoms with Crippen LogP contribution >= 0.6 is 11.8 Å². The molecule has 0 aromatic heterocycles. The highest BCUT2D eigenvalue weighted by atomic mass is 32.2. The molecule has 82 valence electrons. The van der Waals surface area contributed by atoms with Crippen molar-refractivity contribution in [2.45, 2.75) is 25.7 Å². The fourth-order valence-corrected chi connectivity index (χ4v) is 2.32. The summed E-state index contributed by atoms with van der Waals surface area (Å²) in [6, 6.07) is 5.24. The van der Waals surface area contributed by atoms with E-state index in [9.17, 15) is 4.39 Å². The molecule has 0 N–H and O–H groups in total. The van der Waals surface area contributed by atoms with Gasteiger partial charge in [0, 0.05) is 10.5 Å². The van der Waals surface area contributed by atoms with Gasteiger partial charge in [0.25, 0.3) is 0 Å². The molecule has 0 saturated heterocycles. The Hall–Kier alpha value is -0.760. The van der Waals surface area contributed by atoms with Gasteiger partial charge >= 0.3 is 0 Å². The van der Waals surface area contributed by atoms with Crippen LogP contribution in [0.3, 0.4) is 0 Å². The van der Waals surface area contributed by atoms with Crippen molar-refractivity contribution in [1.82, 2.24) is 0 Å². The van der Waals surface area contributed by atoms with Gasteiger partial charge in [0.1, 0.15) is 5.82 Å². The van der Waals surface area contributed by atoms with Gasteiger partial charge in [-0.3, -0.25) is 0 Å². The van der Waals surface area contributed by atoms with Crippen LogP contribution in [0, 0.1) is 11.7 Å². The summed E-state index contributed by atoms with van der Waals surface area (Å²) < 4.78 is 13.7. The van der Waals surface area contributed by atoms with E-state index in [0.717, 1.165) is 16.0 Å². The predicted molar refractivity (Wildman–Crippen MR) is 66.7 cm³/mol. The molecule has 0 aliphatic carbocycles. The van der Waals surface area contributed by atoms with Crippen molar-refractivity contribution < 1.29 is 4.39 Å². The van der Waals surface area contributed by atoms with Crippen molar-refractivity contribution in [1.29, 1.82) is 0 Å². The van der Waals surface area contributed by atoms with Crippen molar-refractivity contribution >= 4 is 17.3 Å². The Balaban J connectivity index is 3.23. The van der Waals surface area contributed by atoms with Crippen LogP contribution in [0.25, 0.3) is 5.57 Å². The van der Waals surface area contributed by atoms with Gasteiger partial charge in [-0.1, -0.05) is 26.0 Å². The third-order valence-electron chi connectivity index (χ3n) is 2.17.